The molecule has 3 rings (SSSR count). The van der Waals surface area contributed by atoms with Crippen molar-refractivity contribution >= 4 is 44.7 Å². The number of hydrogen-bond donors (Lipinski definition) is 1. The molecule has 0 spiro atoms. The highest BCUT2D eigenvalue weighted by atomic mass is 79.9. The SMILES string of the molecule is COc1cc(Br)c(/C=N\NC(=O)c2cc3cc([N+](=O)[O-])ccc3o2)cc1OC. The van der Waals surface area contributed by atoms with Crippen molar-refractivity contribution in [2.45, 2.75) is 0 Å². The lowest BCUT2D eigenvalue weighted by Crippen LogP contribution is -2.16. The molecule has 0 radical (unpaired) electrons. The average Bonchev–Trinajstić information content (AvgIpc) is 3.12. The van der Waals surface area contributed by atoms with Crippen molar-refractivity contribution in [3.63, 3.8) is 0 Å². The fraction of sp³-hybridized carbons (Fsp3) is 0.111. The van der Waals surface area contributed by atoms with E-state index in [1.807, 2.05) is 0 Å². The fourth-order valence-electron chi connectivity index (χ4n) is 2.44. The fourth-order valence-corrected chi connectivity index (χ4v) is 2.87. The molecule has 3 aromatic rings. The van der Waals surface area contributed by atoms with E-state index in [1.165, 1.54) is 44.7 Å². The highest BCUT2D eigenvalue weighted by molar-refractivity contribution is 9.10. The zero-order chi connectivity index (χ0) is 20.3. The monoisotopic (exact) mass is 447 g/mol. The van der Waals surface area contributed by atoms with Crippen molar-refractivity contribution < 1.29 is 23.6 Å². The van der Waals surface area contributed by atoms with E-state index < -0.39 is 10.8 Å². The number of benzene rings is 2. The van der Waals surface area contributed by atoms with E-state index in [9.17, 15) is 14.9 Å². The molecule has 10 heteroatoms. The average molecular weight is 448 g/mol. The number of nitro benzene ring substituents is 1. The number of methoxy groups -OCH3 is 2. The van der Waals surface area contributed by atoms with Gasteiger partial charge in [-0.3, -0.25) is 14.9 Å². The van der Waals surface area contributed by atoms with Gasteiger partial charge < -0.3 is 13.9 Å². The van der Waals surface area contributed by atoms with Crippen molar-refractivity contribution in [2.75, 3.05) is 14.2 Å². The molecule has 0 aliphatic heterocycles. The van der Waals surface area contributed by atoms with Crippen molar-refractivity contribution in [2.24, 2.45) is 5.10 Å². The molecule has 9 nitrogen and oxygen atoms in total. The third-order valence-corrected chi connectivity index (χ3v) is 4.49. The summed E-state index contributed by atoms with van der Waals surface area (Å²) in [5.74, 6) is 0.454. The molecule has 1 aromatic heterocycles. The van der Waals surface area contributed by atoms with E-state index in [0.29, 0.717) is 32.5 Å². The number of furan rings is 1. The molecule has 144 valence electrons. The lowest BCUT2D eigenvalue weighted by atomic mass is 10.2. The quantitative estimate of drug-likeness (QED) is 0.348. The minimum absolute atomic E-state index is 0.0148. The van der Waals surface area contributed by atoms with Crippen molar-refractivity contribution in [1.29, 1.82) is 0 Å². The van der Waals surface area contributed by atoms with E-state index in [0.717, 1.165) is 0 Å². The molecule has 28 heavy (non-hydrogen) atoms. The minimum atomic E-state index is -0.591. The minimum Gasteiger partial charge on any atom is -0.493 e. The van der Waals surface area contributed by atoms with Gasteiger partial charge in [-0.25, -0.2) is 5.43 Å². The number of hydrogen-bond acceptors (Lipinski definition) is 7. The Bertz CT molecular complexity index is 1090. The third kappa shape index (κ3) is 3.96. The molecule has 1 heterocycles. The molecule has 0 aliphatic carbocycles. The van der Waals surface area contributed by atoms with E-state index >= 15 is 0 Å². The number of hydrazone groups is 1. The van der Waals surface area contributed by atoms with Crippen LogP contribution in [0, 0.1) is 10.1 Å². The Labute approximate surface area is 167 Å². The van der Waals surface area contributed by atoms with Gasteiger partial charge in [-0.2, -0.15) is 5.10 Å². The highest BCUT2D eigenvalue weighted by Gasteiger charge is 2.15. The first kappa shape index (κ1) is 19.4. The van der Waals surface area contributed by atoms with E-state index in [1.54, 1.807) is 12.1 Å². The molecule has 0 fully saturated rings. The number of nitrogens with zero attached hydrogens (tertiary/aromatic N) is 2. The number of carbonyl (C=O) groups is 1. The third-order valence-electron chi connectivity index (χ3n) is 3.81. The Kier molecular flexibility index (Phi) is 5.59. The number of fused-ring (bicyclic) bond motifs is 1. The number of nitrogens with one attached hydrogen (secondary N) is 1. The molecule has 2 aromatic carbocycles. The normalized spacial score (nSPS) is 11.0. The van der Waals surface area contributed by atoms with Crippen LogP contribution in [0.15, 0.2) is 50.4 Å². The summed E-state index contributed by atoms with van der Waals surface area (Å²) in [6.07, 6.45) is 1.43. The second kappa shape index (κ2) is 8.09. The second-order valence-electron chi connectivity index (χ2n) is 5.52. The number of amides is 1. The molecule has 0 atom stereocenters. The maximum Gasteiger partial charge on any atom is 0.307 e. The van der Waals surface area contributed by atoms with Gasteiger partial charge in [-0.15, -0.1) is 0 Å². The number of ether oxygens (including phenoxy) is 2. The van der Waals surface area contributed by atoms with Gasteiger partial charge in [0.1, 0.15) is 5.58 Å². The van der Waals surface area contributed by atoms with Crippen LogP contribution in [0.2, 0.25) is 0 Å². The van der Waals surface area contributed by atoms with Gasteiger partial charge in [-0.05, 0) is 40.2 Å². The first-order valence-electron chi connectivity index (χ1n) is 7.86. The number of halogens is 1. The van der Waals surface area contributed by atoms with Gasteiger partial charge in [0.05, 0.1) is 25.4 Å². The van der Waals surface area contributed by atoms with E-state index in [-0.39, 0.29) is 11.4 Å². The Balaban J connectivity index is 1.77. The summed E-state index contributed by atoms with van der Waals surface area (Å²) in [7, 11) is 3.04. The van der Waals surface area contributed by atoms with Crippen LogP contribution in [0.25, 0.3) is 11.0 Å². The Morgan fingerprint density at radius 2 is 1.93 bits per heavy atom. The summed E-state index contributed by atoms with van der Waals surface area (Å²) in [6.45, 7) is 0. The van der Waals surface area contributed by atoms with Crippen LogP contribution in [0.4, 0.5) is 5.69 Å². The molecule has 1 N–H and O–H groups in total. The van der Waals surface area contributed by atoms with Crippen LogP contribution >= 0.6 is 15.9 Å². The van der Waals surface area contributed by atoms with Crippen LogP contribution in [-0.4, -0.2) is 31.3 Å². The lowest BCUT2D eigenvalue weighted by molar-refractivity contribution is -0.384. The number of rotatable bonds is 6. The maximum atomic E-state index is 12.2. The second-order valence-corrected chi connectivity index (χ2v) is 6.37. The van der Waals surface area contributed by atoms with Gasteiger partial charge in [0.25, 0.3) is 5.69 Å². The first-order valence-corrected chi connectivity index (χ1v) is 8.65. The van der Waals surface area contributed by atoms with Crippen molar-refractivity contribution in [1.82, 2.24) is 5.43 Å². The van der Waals surface area contributed by atoms with Gasteiger partial charge >= 0.3 is 5.91 Å². The highest BCUT2D eigenvalue weighted by Crippen LogP contribution is 2.32. The Morgan fingerprint density at radius 3 is 2.61 bits per heavy atom. The van der Waals surface area contributed by atoms with Crippen LogP contribution in [0.1, 0.15) is 16.1 Å². The molecule has 0 bridgehead atoms. The van der Waals surface area contributed by atoms with E-state index in [2.05, 4.69) is 26.5 Å². The van der Waals surface area contributed by atoms with Crippen molar-refractivity contribution in [3.05, 3.63) is 62.3 Å². The summed E-state index contributed by atoms with van der Waals surface area (Å²) in [6, 6.07) is 8.90. The largest absolute Gasteiger partial charge is 0.493 e. The number of nitro groups is 1. The van der Waals surface area contributed by atoms with E-state index in [4.69, 9.17) is 13.9 Å². The summed E-state index contributed by atoms with van der Waals surface area (Å²) in [5, 5.41) is 15.2. The van der Waals surface area contributed by atoms with Crippen molar-refractivity contribution in [3.8, 4) is 11.5 Å². The molecular weight excluding hydrogens is 434 g/mol. The standard InChI is InChI=1S/C18H14BrN3O6/c1-26-15-7-11(13(19)8-16(15)27-2)9-20-21-18(23)17-6-10-5-12(22(24)25)3-4-14(10)28-17/h3-9H,1-2H3,(H,21,23)/b20-9-. The molecule has 1 amide bonds. The number of non-ortho nitro benzene ring substituents is 1. The van der Waals surface area contributed by atoms with Crippen LogP contribution in [-0.2, 0) is 0 Å². The van der Waals surface area contributed by atoms with Crippen LogP contribution in [0.5, 0.6) is 11.5 Å². The van der Waals surface area contributed by atoms with Crippen LogP contribution in [0.3, 0.4) is 0 Å². The Hall–Kier alpha value is -3.40. The zero-order valence-electron chi connectivity index (χ0n) is 14.8. The Morgan fingerprint density at radius 1 is 1.21 bits per heavy atom. The lowest BCUT2D eigenvalue weighted by Gasteiger charge is -2.09. The van der Waals surface area contributed by atoms with Gasteiger partial charge in [0.2, 0.25) is 0 Å². The molecule has 0 saturated carbocycles. The van der Waals surface area contributed by atoms with Crippen LogP contribution < -0.4 is 14.9 Å². The van der Waals surface area contributed by atoms with Gasteiger partial charge in [0.15, 0.2) is 17.3 Å². The molecule has 0 aliphatic rings. The predicted molar refractivity (Wildman–Crippen MR) is 105 cm³/mol. The summed E-state index contributed by atoms with van der Waals surface area (Å²) < 4.78 is 16.5. The topological polar surface area (TPSA) is 116 Å². The van der Waals surface area contributed by atoms with Gasteiger partial charge in [-0.1, -0.05) is 0 Å². The molecule has 0 saturated heterocycles. The molecule has 0 unspecified atom stereocenters. The number of carbonyl (C=O) groups excluding carboxylic acids is 1. The summed E-state index contributed by atoms with van der Waals surface area (Å²) in [5.41, 5.74) is 3.28. The maximum absolute atomic E-state index is 12.2. The first-order chi connectivity index (χ1) is 13.4. The predicted octanol–water partition coefficient (Wildman–Crippen LogP) is 3.88. The summed E-state index contributed by atoms with van der Waals surface area (Å²) in [4.78, 5) is 22.5. The zero-order valence-corrected chi connectivity index (χ0v) is 16.3. The van der Waals surface area contributed by atoms with Gasteiger partial charge in [0, 0.05) is 27.6 Å². The summed E-state index contributed by atoms with van der Waals surface area (Å²) >= 11 is 3.39. The smallest absolute Gasteiger partial charge is 0.307 e. The molecular formula is C18H14BrN3O6.